The molecule has 0 aliphatic heterocycles. The number of anilines is 1. The summed E-state index contributed by atoms with van der Waals surface area (Å²) in [7, 11) is 0. The van der Waals surface area contributed by atoms with Gasteiger partial charge in [-0.3, -0.25) is 4.79 Å². The minimum atomic E-state index is -0.287. The molecule has 1 N–H and O–H groups in total. The molecular formula is C24H19FN2OS. The van der Waals surface area contributed by atoms with Crippen molar-refractivity contribution in [2.45, 2.75) is 12.3 Å². The molecular weight excluding hydrogens is 383 g/mol. The molecule has 1 amide bonds. The van der Waals surface area contributed by atoms with Crippen LogP contribution in [0, 0.1) is 5.82 Å². The first-order valence-electron chi connectivity index (χ1n) is 9.30. The van der Waals surface area contributed by atoms with E-state index in [2.05, 4.69) is 10.3 Å². The number of benzene rings is 3. The zero-order valence-electron chi connectivity index (χ0n) is 15.6. The van der Waals surface area contributed by atoms with Crippen molar-refractivity contribution in [3.05, 3.63) is 107 Å². The van der Waals surface area contributed by atoms with Gasteiger partial charge in [0.1, 0.15) is 5.82 Å². The van der Waals surface area contributed by atoms with Gasteiger partial charge in [0, 0.05) is 23.3 Å². The van der Waals surface area contributed by atoms with E-state index in [1.807, 2.05) is 66.0 Å². The lowest BCUT2D eigenvalue weighted by molar-refractivity contribution is -0.116. The molecule has 0 saturated carbocycles. The van der Waals surface area contributed by atoms with Gasteiger partial charge < -0.3 is 5.32 Å². The number of hydrogen-bond acceptors (Lipinski definition) is 3. The first kappa shape index (κ1) is 19.0. The molecule has 3 nitrogen and oxygen atoms in total. The first-order chi connectivity index (χ1) is 14.2. The van der Waals surface area contributed by atoms with Crippen LogP contribution in [0.1, 0.15) is 23.5 Å². The number of carbonyl (C=O) groups excluding carboxylic acids is 1. The number of carbonyl (C=O) groups is 1. The second kappa shape index (κ2) is 8.80. The van der Waals surface area contributed by atoms with Crippen molar-refractivity contribution >= 4 is 22.4 Å². The summed E-state index contributed by atoms with van der Waals surface area (Å²) in [5.74, 6) is -0.415. The normalized spacial score (nSPS) is 10.8. The van der Waals surface area contributed by atoms with Crippen LogP contribution in [0.3, 0.4) is 0 Å². The SMILES string of the molecule is O=C(CC(c1ccccc1)c1ccccc1)Nc1nc(-c2ccc(F)cc2)cs1. The van der Waals surface area contributed by atoms with Crippen molar-refractivity contribution in [1.82, 2.24) is 4.98 Å². The Morgan fingerprint density at radius 3 is 2.07 bits per heavy atom. The lowest BCUT2D eigenvalue weighted by Gasteiger charge is -2.17. The molecule has 0 spiro atoms. The molecule has 0 radical (unpaired) electrons. The Kier molecular flexibility index (Phi) is 5.77. The Hall–Kier alpha value is -3.31. The maximum Gasteiger partial charge on any atom is 0.227 e. The predicted octanol–water partition coefficient (Wildman–Crippen LogP) is 6.11. The van der Waals surface area contributed by atoms with E-state index in [9.17, 15) is 9.18 Å². The summed E-state index contributed by atoms with van der Waals surface area (Å²) >= 11 is 1.36. The van der Waals surface area contributed by atoms with E-state index < -0.39 is 0 Å². The fourth-order valence-corrected chi connectivity index (χ4v) is 3.97. The highest BCUT2D eigenvalue weighted by Gasteiger charge is 2.19. The van der Waals surface area contributed by atoms with Gasteiger partial charge in [-0.15, -0.1) is 11.3 Å². The van der Waals surface area contributed by atoms with Gasteiger partial charge in [0.2, 0.25) is 5.91 Å². The maximum absolute atomic E-state index is 13.1. The minimum absolute atomic E-state index is 0.0334. The van der Waals surface area contributed by atoms with Crippen LogP contribution in [-0.4, -0.2) is 10.9 Å². The third-order valence-electron chi connectivity index (χ3n) is 4.68. The molecule has 5 heteroatoms. The number of thiazole rings is 1. The van der Waals surface area contributed by atoms with Gasteiger partial charge in [-0.05, 0) is 35.4 Å². The summed E-state index contributed by atoms with van der Waals surface area (Å²) < 4.78 is 13.1. The molecule has 0 unspecified atom stereocenters. The molecule has 4 rings (SSSR count). The Balaban J connectivity index is 1.49. The van der Waals surface area contributed by atoms with Gasteiger partial charge in [-0.25, -0.2) is 9.37 Å². The van der Waals surface area contributed by atoms with E-state index in [0.29, 0.717) is 17.2 Å². The number of amides is 1. The van der Waals surface area contributed by atoms with Crippen LogP contribution in [0.2, 0.25) is 0 Å². The summed E-state index contributed by atoms with van der Waals surface area (Å²) in [5.41, 5.74) is 3.72. The fraction of sp³-hybridized carbons (Fsp3) is 0.0833. The molecule has 3 aromatic carbocycles. The molecule has 29 heavy (non-hydrogen) atoms. The van der Waals surface area contributed by atoms with Crippen molar-refractivity contribution in [3.8, 4) is 11.3 Å². The van der Waals surface area contributed by atoms with Crippen LogP contribution < -0.4 is 5.32 Å². The van der Waals surface area contributed by atoms with Crippen molar-refractivity contribution < 1.29 is 9.18 Å². The zero-order valence-corrected chi connectivity index (χ0v) is 16.4. The van der Waals surface area contributed by atoms with Gasteiger partial charge in [0.25, 0.3) is 0 Å². The van der Waals surface area contributed by atoms with Crippen LogP contribution in [0.15, 0.2) is 90.3 Å². The monoisotopic (exact) mass is 402 g/mol. The lowest BCUT2D eigenvalue weighted by atomic mass is 9.88. The number of hydrogen-bond donors (Lipinski definition) is 1. The van der Waals surface area contributed by atoms with E-state index in [-0.39, 0.29) is 17.6 Å². The van der Waals surface area contributed by atoms with Crippen molar-refractivity contribution in [2.75, 3.05) is 5.32 Å². The summed E-state index contributed by atoms with van der Waals surface area (Å²) in [6, 6.07) is 26.2. The fourth-order valence-electron chi connectivity index (χ4n) is 3.24. The third-order valence-corrected chi connectivity index (χ3v) is 5.44. The third kappa shape index (κ3) is 4.76. The quantitative estimate of drug-likeness (QED) is 0.423. The van der Waals surface area contributed by atoms with Gasteiger partial charge in [-0.1, -0.05) is 60.7 Å². The summed E-state index contributed by atoms with van der Waals surface area (Å²) in [6.45, 7) is 0. The van der Waals surface area contributed by atoms with E-state index >= 15 is 0 Å². The highest BCUT2D eigenvalue weighted by molar-refractivity contribution is 7.14. The molecule has 0 aliphatic carbocycles. The molecule has 0 bridgehead atoms. The van der Waals surface area contributed by atoms with E-state index in [4.69, 9.17) is 0 Å². The number of aromatic nitrogens is 1. The molecule has 144 valence electrons. The van der Waals surface area contributed by atoms with Gasteiger partial charge >= 0.3 is 0 Å². The number of halogens is 1. The van der Waals surface area contributed by atoms with Crippen molar-refractivity contribution in [2.24, 2.45) is 0 Å². The number of nitrogens with one attached hydrogen (secondary N) is 1. The van der Waals surface area contributed by atoms with E-state index in [1.54, 1.807) is 12.1 Å². The van der Waals surface area contributed by atoms with Crippen LogP contribution in [0.5, 0.6) is 0 Å². The molecule has 0 fully saturated rings. The maximum atomic E-state index is 13.1. The summed E-state index contributed by atoms with van der Waals surface area (Å²) in [4.78, 5) is 17.2. The summed E-state index contributed by atoms with van der Waals surface area (Å²) in [5, 5.41) is 5.30. The predicted molar refractivity (Wildman–Crippen MR) is 115 cm³/mol. The zero-order chi connectivity index (χ0) is 20.1. The van der Waals surface area contributed by atoms with Gasteiger partial charge in [0.15, 0.2) is 5.13 Å². The Morgan fingerprint density at radius 1 is 0.897 bits per heavy atom. The minimum Gasteiger partial charge on any atom is -0.302 e. The summed E-state index contributed by atoms with van der Waals surface area (Å²) in [6.07, 6.45) is 0.319. The van der Waals surface area contributed by atoms with E-state index in [1.165, 1.54) is 23.5 Å². The molecule has 0 aliphatic rings. The Bertz CT molecular complexity index is 1040. The van der Waals surface area contributed by atoms with Gasteiger partial charge in [0.05, 0.1) is 5.69 Å². The van der Waals surface area contributed by atoms with Crippen LogP contribution in [-0.2, 0) is 4.79 Å². The molecule has 4 aromatic rings. The van der Waals surface area contributed by atoms with Crippen LogP contribution >= 0.6 is 11.3 Å². The Labute approximate surface area is 172 Å². The largest absolute Gasteiger partial charge is 0.302 e. The highest BCUT2D eigenvalue weighted by Crippen LogP contribution is 2.29. The molecule has 1 aromatic heterocycles. The van der Waals surface area contributed by atoms with Crippen molar-refractivity contribution in [3.63, 3.8) is 0 Å². The van der Waals surface area contributed by atoms with Crippen LogP contribution in [0.25, 0.3) is 11.3 Å². The molecule has 0 atom stereocenters. The highest BCUT2D eigenvalue weighted by atomic mass is 32.1. The lowest BCUT2D eigenvalue weighted by Crippen LogP contribution is -2.16. The standard InChI is InChI=1S/C24H19FN2OS/c25-20-13-11-19(12-14-20)22-16-29-24(26-22)27-23(28)15-21(17-7-3-1-4-8-17)18-9-5-2-6-10-18/h1-14,16,21H,15H2,(H,26,27,28). The number of rotatable bonds is 6. The Morgan fingerprint density at radius 2 is 1.48 bits per heavy atom. The second-order valence-electron chi connectivity index (χ2n) is 6.67. The van der Waals surface area contributed by atoms with E-state index in [0.717, 1.165) is 16.7 Å². The molecule has 0 saturated heterocycles. The van der Waals surface area contributed by atoms with Crippen LogP contribution in [0.4, 0.5) is 9.52 Å². The first-order valence-corrected chi connectivity index (χ1v) is 10.2. The number of nitrogens with zero attached hydrogens (tertiary/aromatic N) is 1. The van der Waals surface area contributed by atoms with Gasteiger partial charge in [-0.2, -0.15) is 0 Å². The topological polar surface area (TPSA) is 42.0 Å². The average Bonchev–Trinajstić information content (AvgIpc) is 3.22. The average molecular weight is 402 g/mol. The second-order valence-corrected chi connectivity index (χ2v) is 7.53. The molecule has 1 heterocycles. The smallest absolute Gasteiger partial charge is 0.227 e. The van der Waals surface area contributed by atoms with Crippen molar-refractivity contribution in [1.29, 1.82) is 0 Å².